The number of aliphatic carboxylic acids is 1. The molecule has 1 aromatic carbocycles. The van der Waals surface area contributed by atoms with Crippen molar-refractivity contribution in [2.24, 2.45) is 0 Å². The summed E-state index contributed by atoms with van der Waals surface area (Å²) in [7, 11) is 0. The lowest BCUT2D eigenvalue weighted by Crippen LogP contribution is -2.02. The number of carboxylic acids is 1. The molecule has 4 aromatic rings. The van der Waals surface area contributed by atoms with E-state index in [1.807, 2.05) is 25.1 Å². The van der Waals surface area contributed by atoms with E-state index in [1.165, 1.54) is 0 Å². The zero-order chi connectivity index (χ0) is 19.3. The first kappa shape index (κ1) is 16.6. The molecule has 0 unspecified atom stereocenters. The summed E-state index contributed by atoms with van der Waals surface area (Å²) in [6, 6.07) is 8.06. The molecule has 0 saturated carbocycles. The van der Waals surface area contributed by atoms with Crippen LogP contribution in [-0.4, -0.2) is 35.8 Å². The largest absolute Gasteiger partial charge is 0.481 e. The van der Waals surface area contributed by atoms with E-state index >= 15 is 0 Å². The van der Waals surface area contributed by atoms with Gasteiger partial charge < -0.3 is 14.2 Å². The molecule has 0 bridgehead atoms. The Hall–Kier alpha value is -3.55. The smallest absolute Gasteiger partial charge is 0.304 e. The third-order valence-corrected chi connectivity index (χ3v) is 5.16. The number of carboxylic acid groups (broad SMARTS) is 1. The van der Waals surface area contributed by atoms with Gasteiger partial charge >= 0.3 is 5.97 Å². The standard InChI is InChI=1S/C20H17N5O3/c1-11-9-22-15(10-21-11)20-23-19(24-28-20)13-2-3-16-14(6-13)7-17-12(8-18(26)27)4-5-25(16)17/h2-3,6-7,9-10,12H,4-5,8H2,1H3,(H,26,27)/t12-/m0/s1. The summed E-state index contributed by atoms with van der Waals surface area (Å²) in [6.07, 6.45) is 4.29. The van der Waals surface area contributed by atoms with Crippen LogP contribution in [0.3, 0.4) is 0 Å². The maximum absolute atomic E-state index is 11.1. The van der Waals surface area contributed by atoms with Crippen LogP contribution in [0.4, 0.5) is 0 Å². The van der Waals surface area contributed by atoms with E-state index in [2.05, 4.69) is 30.7 Å². The first-order valence-electron chi connectivity index (χ1n) is 9.06. The zero-order valence-electron chi connectivity index (χ0n) is 15.2. The summed E-state index contributed by atoms with van der Waals surface area (Å²) >= 11 is 0. The summed E-state index contributed by atoms with van der Waals surface area (Å²) in [6.45, 7) is 2.70. The van der Waals surface area contributed by atoms with Crippen LogP contribution in [0.5, 0.6) is 0 Å². The Morgan fingerprint density at radius 3 is 2.96 bits per heavy atom. The summed E-state index contributed by atoms with van der Waals surface area (Å²) in [4.78, 5) is 24.0. The second-order valence-electron chi connectivity index (χ2n) is 7.04. The molecule has 0 saturated heterocycles. The molecular formula is C20H17N5O3. The molecule has 1 N–H and O–H groups in total. The third kappa shape index (κ3) is 2.74. The minimum atomic E-state index is -0.761. The molecule has 1 aliphatic heterocycles. The van der Waals surface area contributed by atoms with Gasteiger partial charge in [-0.3, -0.25) is 9.78 Å². The van der Waals surface area contributed by atoms with Gasteiger partial charge in [0.25, 0.3) is 5.89 Å². The Bertz CT molecular complexity index is 1190. The monoisotopic (exact) mass is 375 g/mol. The number of carbonyl (C=O) groups is 1. The quantitative estimate of drug-likeness (QED) is 0.582. The van der Waals surface area contributed by atoms with Crippen molar-refractivity contribution in [1.82, 2.24) is 24.7 Å². The topological polar surface area (TPSA) is 107 Å². The molecule has 8 heteroatoms. The first-order chi connectivity index (χ1) is 13.6. The van der Waals surface area contributed by atoms with Crippen molar-refractivity contribution in [3.8, 4) is 23.0 Å². The molecule has 5 rings (SSSR count). The minimum Gasteiger partial charge on any atom is -0.481 e. The van der Waals surface area contributed by atoms with Crippen LogP contribution in [0.15, 0.2) is 41.2 Å². The zero-order valence-corrected chi connectivity index (χ0v) is 15.2. The first-order valence-corrected chi connectivity index (χ1v) is 9.06. The lowest BCUT2D eigenvalue weighted by atomic mass is 10.0. The number of hydrogen-bond acceptors (Lipinski definition) is 6. The maximum atomic E-state index is 11.1. The van der Waals surface area contributed by atoms with Crippen molar-refractivity contribution >= 4 is 16.9 Å². The molecule has 4 heterocycles. The number of benzene rings is 1. The normalized spacial score (nSPS) is 15.8. The maximum Gasteiger partial charge on any atom is 0.304 e. The van der Waals surface area contributed by atoms with Gasteiger partial charge in [0.2, 0.25) is 5.82 Å². The summed E-state index contributed by atoms with van der Waals surface area (Å²) < 4.78 is 7.55. The van der Waals surface area contributed by atoms with Gasteiger partial charge in [0, 0.05) is 40.8 Å². The van der Waals surface area contributed by atoms with E-state index in [4.69, 9.17) is 9.63 Å². The molecule has 0 fully saturated rings. The number of aromatic nitrogens is 5. The van der Waals surface area contributed by atoms with Gasteiger partial charge in [-0.25, -0.2) is 4.98 Å². The van der Waals surface area contributed by atoms with Crippen molar-refractivity contribution in [3.63, 3.8) is 0 Å². The predicted molar refractivity (Wildman–Crippen MR) is 101 cm³/mol. The van der Waals surface area contributed by atoms with Crippen LogP contribution in [0.2, 0.25) is 0 Å². The lowest BCUT2D eigenvalue weighted by molar-refractivity contribution is -0.137. The van der Waals surface area contributed by atoms with Crippen molar-refractivity contribution in [1.29, 1.82) is 0 Å². The molecule has 1 atom stereocenters. The van der Waals surface area contributed by atoms with Gasteiger partial charge in [0.15, 0.2) is 0 Å². The fourth-order valence-electron chi connectivity index (χ4n) is 3.82. The fraction of sp³-hybridized carbons (Fsp3) is 0.250. The molecule has 1 aliphatic rings. The SMILES string of the molecule is Cc1cnc(-c2nc(-c3ccc4c(c3)cc3n4CC[C@H]3CC(=O)O)no2)cn1. The number of aryl methyl sites for hydroxylation is 2. The van der Waals surface area contributed by atoms with Crippen molar-refractivity contribution in [2.45, 2.75) is 32.2 Å². The van der Waals surface area contributed by atoms with E-state index in [1.54, 1.807) is 12.4 Å². The molecule has 0 amide bonds. The van der Waals surface area contributed by atoms with Crippen molar-refractivity contribution < 1.29 is 14.4 Å². The average molecular weight is 375 g/mol. The minimum absolute atomic E-state index is 0.0604. The Labute approximate surface area is 159 Å². The molecule has 0 aliphatic carbocycles. The van der Waals surface area contributed by atoms with Crippen LogP contribution in [0.1, 0.15) is 30.1 Å². The highest BCUT2D eigenvalue weighted by Gasteiger charge is 2.27. The third-order valence-electron chi connectivity index (χ3n) is 5.16. The Morgan fingerprint density at radius 2 is 2.18 bits per heavy atom. The highest BCUT2D eigenvalue weighted by molar-refractivity contribution is 5.86. The van der Waals surface area contributed by atoms with Gasteiger partial charge in [-0.15, -0.1) is 0 Å². The summed E-state index contributed by atoms with van der Waals surface area (Å²) in [5, 5.41) is 14.2. The van der Waals surface area contributed by atoms with Crippen LogP contribution < -0.4 is 0 Å². The van der Waals surface area contributed by atoms with Crippen LogP contribution >= 0.6 is 0 Å². The average Bonchev–Trinajstić information content (AvgIpc) is 3.38. The molecule has 0 radical (unpaired) electrons. The van der Waals surface area contributed by atoms with Crippen molar-refractivity contribution in [2.75, 3.05) is 0 Å². The second-order valence-corrected chi connectivity index (χ2v) is 7.04. The number of rotatable bonds is 4. The van der Waals surface area contributed by atoms with Crippen LogP contribution in [0.25, 0.3) is 33.9 Å². The lowest BCUT2D eigenvalue weighted by Gasteiger charge is -2.04. The Kier molecular flexibility index (Phi) is 3.71. The van der Waals surface area contributed by atoms with E-state index in [0.29, 0.717) is 17.4 Å². The number of fused-ring (bicyclic) bond motifs is 3. The van der Waals surface area contributed by atoms with E-state index in [9.17, 15) is 4.79 Å². The highest BCUT2D eigenvalue weighted by Crippen LogP contribution is 2.37. The van der Waals surface area contributed by atoms with Gasteiger partial charge in [0.1, 0.15) is 5.69 Å². The summed E-state index contributed by atoms with van der Waals surface area (Å²) in [5.74, 6) is 0.101. The van der Waals surface area contributed by atoms with Gasteiger partial charge in [0.05, 0.1) is 18.3 Å². The molecule has 140 valence electrons. The second kappa shape index (κ2) is 6.26. The predicted octanol–water partition coefficient (Wildman–Crippen LogP) is 3.42. The van der Waals surface area contributed by atoms with Crippen LogP contribution in [0, 0.1) is 6.92 Å². The van der Waals surface area contributed by atoms with Gasteiger partial charge in [-0.05, 0) is 37.6 Å². The Morgan fingerprint density at radius 1 is 1.29 bits per heavy atom. The van der Waals surface area contributed by atoms with E-state index in [-0.39, 0.29) is 12.3 Å². The highest BCUT2D eigenvalue weighted by atomic mass is 16.5. The molecule has 3 aromatic heterocycles. The van der Waals surface area contributed by atoms with Crippen LogP contribution in [-0.2, 0) is 11.3 Å². The Balaban J connectivity index is 1.49. The van der Waals surface area contributed by atoms with E-state index in [0.717, 1.165) is 40.8 Å². The molecule has 8 nitrogen and oxygen atoms in total. The number of hydrogen-bond donors (Lipinski definition) is 1. The molecule has 0 spiro atoms. The van der Waals surface area contributed by atoms with Crippen molar-refractivity contribution in [3.05, 3.63) is 48.0 Å². The fourth-order valence-corrected chi connectivity index (χ4v) is 3.82. The molecule has 28 heavy (non-hydrogen) atoms. The van der Waals surface area contributed by atoms with E-state index < -0.39 is 5.97 Å². The molecular weight excluding hydrogens is 358 g/mol. The summed E-state index contributed by atoms with van der Waals surface area (Å²) in [5.41, 5.74) is 4.36. The van der Waals surface area contributed by atoms with Gasteiger partial charge in [-0.2, -0.15) is 4.98 Å². The number of nitrogens with zero attached hydrogens (tertiary/aromatic N) is 5. The van der Waals surface area contributed by atoms with Gasteiger partial charge in [-0.1, -0.05) is 5.16 Å².